The summed E-state index contributed by atoms with van der Waals surface area (Å²) < 4.78 is 123. The van der Waals surface area contributed by atoms with Crippen LogP contribution in [-0.4, -0.2) is 74.9 Å². The second kappa shape index (κ2) is 56.5. The standard InChI is InChI=1S/4C10H22O3S.4H3P/c4*1-2-3-4-5-6-7-8-9-10-14(11,12)13;;;;/h4*2-10H2,1H3,(H,11,12,13);4*1H3. The van der Waals surface area contributed by atoms with Crippen molar-refractivity contribution in [2.45, 2.75) is 233 Å². The molecule has 0 aliphatic heterocycles. The summed E-state index contributed by atoms with van der Waals surface area (Å²) in [5.74, 6) is -0.770. The van der Waals surface area contributed by atoms with Crippen LogP contribution in [-0.2, 0) is 40.5 Å². The lowest BCUT2D eigenvalue weighted by Gasteiger charge is -2.05. The van der Waals surface area contributed by atoms with Crippen LogP contribution in [0.15, 0.2) is 0 Å². The van der Waals surface area contributed by atoms with Gasteiger partial charge in [-0.1, -0.05) is 207 Å². The van der Waals surface area contributed by atoms with Crippen molar-refractivity contribution < 1.29 is 51.9 Å². The minimum atomic E-state index is -3.98. The van der Waals surface area contributed by atoms with Crippen molar-refractivity contribution in [1.29, 1.82) is 0 Å². The summed E-state index contributed by atoms with van der Waals surface area (Å²) in [5, 5.41) is 0. The van der Waals surface area contributed by atoms with Crippen LogP contribution >= 0.6 is 39.6 Å². The molecule has 0 heterocycles. The van der Waals surface area contributed by atoms with Gasteiger partial charge in [0.05, 0.1) is 40.5 Å². The molecule has 20 heteroatoms. The van der Waals surface area contributed by atoms with E-state index in [1.54, 1.807) is 0 Å². The van der Waals surface area contributed by atoms with Crippen molar-refractivity contribution in [3.63, 3.8) is 0 Å². The molecule has 0 aromatic heterocycles. The zero-order chi connectivity index (χ0) is 43.5. The van der Waals surface area contributed by atoms with Crippen molar-refractivity contribution in [2.24, 2.45) is 0 Å². The predicted octanol–water partition coefficient (Wildman–Crippen LogP) is 9.85. The fourth-order valence-corrected chi connectivity index (χ4v) is 7.88. The van der Waals surface area contributed by atoms with Crippen molar-refractivity contribution in [3.05, 3.63) is 0 Å². The monoisotopic (exact) mass is 1020 g/mol. The third kappa shape index (κ3) is 98.3. The van der Waals surface area contributed by atoms with E-state index in [2.05, 4.69) is 27.7 Å². The van der Waals surface area contributed by atoms with E-state index in [0.717, 1.165) is 51.4 Å². The number of rotatable bonds is 36. The van der Waals surface area contributed by atoms with Gasteiger partial charge in [-0.3, -0.25) is 0 Å². The van der Waals surface area contributed by atoms with Crippen LogP contribution in [0.3, 0.4) is 0 Å². The Kier molecular flexibility index (Phi) is 73.9. The fourth-order valence-electron chi connectivity index (χ4n) is 5.65. The molecule has 0 amide bonds. The molecule has 0 radical (unpaired) electrons. The first kappa shape index (κ1) is 78.5. The maximum absolute atomic E-state index is 10.2. The minimum Gasteiger partial charge on any atom is -0.748 e. The first-order chi connectivity index (χ1) is 26.2. The topological polar surface area (TPSA) is 229 Å². The number of unbranched alkanes of at least 4 members (excludes halogenated alkanes) is 28. The summed E-state index contributed by atoms with van der Waals surface area (Å²) in [6.07, 6.45) is 34.6. The molecule has 12 nitrogen and oxygen atoms in total. The van der Waals surface area contributed by atoms with Crippen molar-refractivity contribution >= 4 is 80.1 Å². The Balaban J connectivity index is -0.0000000980. The molecular formula is C40H100O12P4S4. The molecule has 0 bridgehead atoms. The maximum atomic E-state index is 10.2. The van der Waals surface area contributed by atoms with Gasteiger partial charge in [-0.2, -0.15) is 0 Å². The van der Waals surface area contributed by atoms with Gasteiger partial charge in [0, 0.05) is 23.0 Å². The predicted molar refractivity (Wildman–Crippen MR) is 279 cm³/mol. The van der Waals surface area contributed by atoms with Gasteiger partial charge >= 0.3 is 0 Å². The summed E-state index contributed by atoms with van der Waals surface area (Å²) in [4.78, 5) is 0. The molecule has 0 rings (SSSR count). The largest absolute Gasteiger partial charge is 0.748 e. The third-order valence-electron chi connectivity index (χ3n) is 8.99. The zero-order valence-corrected chi connectivity index (χ0v) is 51.3. The molecule has 0 aliphatic rings. The van der Waals surface area contributed by atoms with Crippen molar-refractivity contribution in [3.8, 4) is 0 Å². The Morgan fingerprint density at radius 1 is 0.217 bits per heavy atom. The van der Waals surface area contributed by atoms with E-state index in [1.807, 2.05) is 0 Å². The first-order valence-electron chi connectivity index (χ1n) is 22.0. The van der Waals surface area contributed by atoms with Crippen LogP contribution in [0.25, 0.3) is 0 Å². The Hall–Kier alpha value is 1.36. The number of hydrogen-bond acceptors (Lipinski definition) is 12. The molecule has 0 aromatic carbocycles. The molecule has 0 saturated heterocycles. The highest BCUT2D eigenvalue weighted by atomic mass is 32.2. The van der Waals surface area contributed by atoms with Gasteiger partial charge in [0.25, 0.3) is 0 Å². The summed E-state index contributed by atoms with van der Waals surface area (Å²) in [6.45, 7) is 8.72. The quantitative estimate of drug-likeness (QED) is 0.0324. The van der Waals surface area contributed by atoms with Crippen LogP contribution < -0.4 is 0 Å². The molecule has 4 atom stereocenters. The molecule has 0 aliphatic carbocycles. The van der Waals surface area contributed by atoms with Gasteiger partial charge in [0.2, 0.25) is 0 Å². The average Bonchev–Trinajstić information content (AvgIpc) is 3.08. The van der Waals surface area contributed by atoms with Crippen LogP contribution in [0.1, 0.15) is 233 Å². The average molecular weight is 1030 g/mol. The molecule has 376 valence electrons. The lowest BCUT2D eigenvalue weighted by Crippen LogP contribution is -2.03. The van der Waals surface area contributed by atoms with Crippen LogP contribution in [0.2, 0.25) is 0 Å². The first-order valence-corrected chi connectivity index (χ1v) is 28.3. The third-order valence-corrected chi connectivity index (χ3v) is 12.1. The molecule has 0 N–H and O–H groups in total. The summed E-state index contributed by atoms with van der Waals surface area (Å²) in [6, 6.07) is 0. The van der Waals surface area contributed by atoms with E-state index in [4.69, 9.17) is 0 Å². The fraction of sp³-hybridized carbons (Fsp3) is 1.00. The second-order valence-corrected chi connectivity index (χ2v) is 21.0. The molecule has 0 fully saturated rings. The highest BCUT2D eigenvalue weighted by Crippen LogP contribution is 2.11. The zero-order valence-electron chi connectivity index (χ0n) is 40.0. The Morgan fingerprint density at radius 2 is 0.317 bits per heavy atom. The molecule has 60 heavy (non-hydrogen) atoms. The van der Waals surface area contributed by atoms with E-state index < -0.39 is 40.5 Å². The van der Waals surface area contributed by atoms with Gasteiger partial charge in [-0.25, -0.2) is 33.7 Å². The van der Waals surface area contributed by atoms with E-state index in [-0.39, 0.29) is 62.6 Å². The Morgan fingerprint density at radius 3 is 0.417 bits per heavy atom. The lowest BCUT2D eigenvalue weighted by atomic mass is 10.1. The Labute approximate surface area is 386 Å². The lowest BCUT2D eigenvalue weighted by molar-refractivity contribution is 0.457. The molecular weight excluding hydrogens is 925 g/mol. The maximum Gasteiger partial charge on any atom is 0.0945 e. The second-order valence-electron chi connectivity index (χ2n) is 14.9. The van der Waals surface area contributed by atoms with Crippen LogP contribution in [0.4, 0.5) is 0 Å². The SMILES string of the molecule is CCCCCCCCCCS(=O)(=O)[O-].CCCCCCCCCCS(=O)(=O)[O-].CCCCCCCCCCS(=O)(=O)[O-].CCCCCCCCCCS(=O)(=O)[O-].[PH4+].[PH4+].[PH4+].[PH4+]. The Bertz CT molecular complexity index is 1050. The molecule has 4 unspecified atom stereocenters. The molecule has 0 aromatic rings. The normalized spacial score (nSPS) is 11.1. The molecule has 0 spiro atoms. The van der Waals surface area contributed by atoms with Crippen LogP contribution in [0.5, 0.6) is 0 Å². The molecule has 0 saturated carbocycles. The van der Waals surface area contributed by atoms with Crippen LogP contribution in [0, 0.1) is 0 Å². The minimum absolute atomic E-state index is 0. The summed E-state index contributed by atoms with van der Waals surface area (Å²) in [7, 11) is -15.9. The smallest absolute Gasteiger partial charge is 0.0945 e. The van der Waals surface area contributed by atoms with E-state index in [0.29, 0.717) is 25.7 Å². The van der Waals surface area contributed by atoms with Gasteiger partial charge in [-0.05, 0) is 65.3 Å². The van der Waals surface area contributed by atoms with Gasteiger partial charge in [0.15, 0.2) is 0 Å². The summed E-state index contributed by atoms with van der Waals surface area (Å²) in [5.41, 5.74) is 0. The van der Waals surface area contributed by atoms with Crippen molar-refractivity contribution in [1.82, 2.24) is 0 Å². The highest BCUT2D eigenvalue weighted by molar-refractivity contribution is 7.86. The van der Waals surface area contributed by atoms with E-state index in [9.17, 15) is 51.9 Å². The highest BCUT2D eigenvalue weighted by Gasteiger charge is 1.98. The van der Waals surface area contributed by atoms with Gasteiger partial charge < -0.3 is 18.2 Å². The van der Waals surface area contributed by atoms with Crippen molar-refractivity contribution in [2.75, 3.05) is 23.0 Å². The number of hydrogen-bond donors (Lipinski definition) is 0. The van der Waals surface area contributed by atoms with Gasteiger partial charge in [0.1, 0.15) is 0 Å². The summed E-state index contributed by atoms with van der Waals surface area (Å²) >= 11 is 0. The van der Waals surface area contributed by atoms with E-state index >= 15 is 0 Å². The van der Waals surface area contributed by atoms with Gasteiger partial charge in [-0.15, -0.1) is 0 Å². The van der Waals surface area contributed by atoms with E-state index in [1.165, 1.54) is 128 Å².